The van der Waals surface area contributed by atoms with Crippen LogP contribution in [0.1, 0.15) is 136 Å². The summed E-state index contributed by atoms with van der Waals surface area (Å²) in [5.74, 6) is 1.59. The number of aryl methyl sites for hydroxylation is 2. The zero-order chi connectivity index (χ0) is 20.3. The van der Waals surface area contributed by atoms with Gasteiger partial charge in [0.05, 0.1) is 13.1 Å². The molecule has 2 heteroatoms. The van der Waals surface area contributed by atoms with Crippen molar-refractivity contribution in [1.29, 1.82) is 0 Å². The number of hydrogen-bond acceptors (Lipinski definition) is 0. The molecule has 0 spiro atoms. The van der Waals surface area contributed by atoms with E-state index in [0.29, 0.717) is 0 Å². The molecular formula is C26H51N2+. The maximum Gasteiger partial charge on any atom is 0.256 e. The van der Waals surface area contributed by atoms with Crippen molar-refractivity contribution >= 4 is 0 Å². The van der Waals surface area contributed by atoms with Gasteiger partial charge in [0.2, 0.25) is 0 Å². The van der Waals surface area contributed by atoms with Crippen molar-refractivity contribution in [2.45, 2.75) is 149 Å². The molecule has 28 heavy (non-hydrogen) atoms. The van der Waals surface area contributed by atoms with Crippen LogP contribution in [0.5, 0.6) is 0 Å². The smallest absolute Gasteiger partial charge is 0.234 e. The highest BCUT2D eigenvalue weighted by Gasteiger charge is 2.16. The topological polar surface area (TPSA) is 8.81 Å². The average Bonchev–Trinajstić information content (AvgIpc) is 3.08. The van der Waals surface area contributed by atoms with E-state index in [1.165, 1.54) is 129 Å². The molecule has 0 radical (unpaired) electrons. The summed E-state index contributed by atoms with van der Waals surface area (Å²) in [5.41, 5.74) is 0. The second-order valence-corrected chi connectivity index (χ2v) is 8.80. The van der Waals surface area contributed by atoms with Gasteiger partial charge in [0.25, 0.3) is 5.82 Å². The Morgan fingerprint density at radius 2 is 1.11 bits per heavy atom. The summed E-state index contributed by atoms with van der Waals surface area (Å²) < 4.78 is 5.14. The molecule has 0 amide bonds. The van der Waals surface area contributed by atoms with Crippen LogP contribution >= 0.6 is 0 Å². The Hall–Kier alpha value is -0.790. The Bertz CT molecular complexity index is 449. The molecule has 0 saturated carbocycles. The lowest BCUT2D eigenvalue weighted by Gasteiger charge is -2.06. The quantitative estimate of drug-likeness (QED) is 0.157. The van der Waals surface area contributed by atoms with Crippen LogP contribution in [0, 0.1) is 0 Å². The summed E-state index contributed by atoms with van der Waals surface area (Å²) in [6.07, 6.45) is 29.6. The minimum Gasteiger partial charge on any atom is -0.234 e. The molecular weight excluding hydrogens is 340 g/mol. The number of nitrogens with zero attached hydrogens (tertiary/aromatic N) is 2. The van der Waals surface area contributed by atoms with Gasteiger partial charge >= 0.3 is 0 Å². The highest BCUT2D eigenvalue weighted by Crippen LogP contribution is 2.12. The summed E-state index contributed by atoms with van der Waals surface area (Å²) in [6.45, 7) is 9.34. The van der Waals surface area contributed by atoms with Crippen molar-refractivity contribution in [1.82, 2.24) is 4.57 Å². The third kappa shape index (κ3) is 11.9. The van der Waals surface area contributed by atoms with E-state index in [-0.39, 0.29) is 0 Å². The third-order valence-electron chi connectivity index (χ3n) is 6.10. The standard InChI is InChI=1S/C26H51N2/c1-4-7-10-12-13-14-15-17-20-23-28-25-24-27(22-19-9-6-3)26(28)21-18-16-11-8-5-2/h24-25H,4-23H2,1-3H3/q+1. The number of imidazole rings is 1. The second-order valence-electron chi connectivity index (χ2n) is 8.80. The monoisotopic (exact) mass is 391 g/mol. The van der Waals surface area contributed by atoms with E-state index < -0.39 is 0 Å². The van der Waals surface area contributed by atoms with Gasteiger partial charge in [-0.25, -0.2) is 9.13 Å². The van der Waals surface area contributed by atoms with Crippen LogP contribution in [0.15, 0.2) is 12.4 Å². The maximum absolute atomic E-state index is 2.58. The molecule has 0 aromatic carbocycles. The van der Waals surface area contributed by atoms with Gasteiger partial charge in [-0.3, -0.25) is 0 Å². The van der Waals surface area contributed by atoms with E-state index in [0.717, 1.165) is 0 Å². The van der Waals surface area contributed by atoms with Crippen molar-refractivity contribution in [2.75, 3.05) is 0 Å². The van der Waals surface area contributed by atoms with Gasteiger partial charge in [-0.2, -0.15) is 0 Å². The molecule has 0 aliphatic rings. The van der Waals surface area contributed by atoms with Crippen molar-refractivity contribution < 1.29 is 4.57 Å². The van der Waals surface area contributed by atoms with Gasteiger partial charge < -0.3 is 0 Å². The van der Waals surface area contributed by atoms with E-state index in [1.54, 1.807) is 5.82 Å². The number of rotatable bonds is 20. The van der Waals surface area contributed by atoms with Gasteiger partial charge in [0.15, 0.2) is 0 Å². The van der Waals surface area contributed by atoms with E-state index >= 15 is 0 Å². The summed E-state index contributed by atoms with van der Waals surface area (Å²) in [4.78, 5) is 0. The Kier molecular flexibility index (Phi) is 16.5. The molecule has 0 N–H and O–H groups in total. The van der Waals surface area contributed by atoms with Crippen LogP contribution < -0.4 is 4.57 Å². The first-order valence-electron chi connectivity index (χ1n) is 12.9. The van der Waals surface area contributed by atoms with Crippen LogP contribution in [-0.2, 0) is 19.5 Å². The number of hydrogen-bond donors (Lipinski definition) is 0. The zero-order valence-electron chi connectivity index (χ0n) is 19.7. The first kappa shape index (κ1) is 25.2. The summed E-state index contributed by atoms with van der Waals surface area (Å²) in [6, 6.07) is 0. The van der Waals surface area contributed by atoms with Crippen molar-refractivity contribution in [3.8, 4) is 0 Å². The van der Waals surface area contributed by atoms with Crippen LogP contribution in [0.3, 0.4) is 0 Å². The largest absolute Gasteiger partial charge is 0.256 e. The van der Waals surface area contributed by atoms with E-state index in [9.17, 15) is 0 Å². The lowest BCUT2D eigenvalue weighted by Crippen LogP contribution is -2.37. The van der Waals surface area contributed by atoms with E-state index in [4.69, 9.17) is 0 Å². The van der Waals surface area contributed by atoms with Gasteiger partial charge in [0.1, 0.15) is 12.4 Å². The molecule has 2 nitrogen and oxygen atoms in total. The molecule has 0 unspecified atom stereocenters. The molecule has 0 aliphatic carbocycles. The van der Waals surface area contributed by atoms with E-state index in [2.05, 4.69) is 42.3 Å². The molecule has 1 aromatic heterocycles. The Morgan fingerprint density at radius 1 is 0.607 bits per heavy atom. The average molecular weight is 392 g/mol. The summed E-state index contributed by atoms with van der Waals surface area (Å²) >= 11 is 0. The van der Waals surface area contributed by atoms with Crippen LogP contribution in [0.4, 0.5) is 0 Å². The molecule has 1 heterocycles. The lowest BCUT2D eigenvalue weighted by atomic mass is 10.1. The minimum atomic E-state index is 1.21. The van der Waals surface area contributed by atoms with Gasteiger partial charge in [-0.05, 0) is 32.1 Å². The van der Waals surface area contributed by atoms with Crippen molar-refractivity contribution in [3.63, 3.8) is 0 Å². The molecule has 0 aliphatic heterocycles. The fourth-order valence-corrected chi connectivity index (χ4v) is 4.20. The molecule has 164 valence electrons. The predicted molar refractivity (Wildman–Crippen MR) is 124 cm³/mol. The predicted octanol–water partition coefficient (Wildman–Crippen LogP) is 8.01. The molecule has 1 rings (SSSR count). The maximum atomic E-state index is 2.58. The molecule has 1 aromatic rings. The van der Waals surface area contributed by atoms with Gasteiger partial charge in [-0.1, -0.05) is 97.8 Å². The van der Waals surface area contributed by atoms with E-state index in [1.807, 2.05) is 0 Å². The minimum absolute atomic E-state index is 1.21. The SMILES string of the molecule is CCCCCCCCCCCn1cc[n+](CCCCC)c1CCCCCCC. The van der Waals surface area contributed by atoms with Crippen molar-refractivity contribution in [3.05, 3.63) is 18.2 Å². The Balaban J connectivity index is 2.34. The lowest BCUT2D eigenvalue weighted by molar-refractivity contribution is -0.704. The van der Waals surface area contributed by atoms with Crippen LogP contribution in [-0.4, -0.2) is 4.57 Å². The third-order valence-corrected chi connectivity index (χ3v) is 6.10. The highest BCUT2D eigenvalue weighted by molar-refractivity contribution is 4.84. The first-order valence-corrected chi connectivity index (χ1v) is 12.9. The molecule has 0 saturated heterocycles. The second kappa shape index (κ2) is 18.3. The highest BCUT2D eigenvalue weighted by atomic mass is 15.1. The molecule has 0 bridgehead atoms. The zero-order valence-corrected chi connectivity index (χ0v) is 19.7. The first-order chi connectivity index (χ1) is 13.8. The van der Waals surface area contributed by atoms with Gasteiger partial charge in [0, 0.05) is 6.42 Å². The molecule has 0 atom stereocenters. The normalized spacial score (nSPS) is 11.4. The summed E-state index contributed by atoms with van der Waals surface area (Å²) in [5, 5.41) is 0. The fraction of sp³-hybridized carbons (Fsp3) is 0.885. The van der Waals surface area contributed by atoms with Gasteiger partial charge in [-0.15, -0.1) is 0 Å². The van der Waals surface area contributed by atoms with Crippen molar-refractivity contribution in [2.24, 2.45) is 0 Å². The Labute approximate surface area is 177 Å². The Morgan fingerprint density at radius 3 is 1.71 bits per heavy atom. The fourth-order valence-electron chi connectivity index (χ4n) is 4.20. The van der Waals surface area contributed by atoms with Crippen LogP contribution in [0.25, 0.3) is 0 Å². The number of aromatic nitrogens is 2. The summed E-state index contributed by atoms with van der Waals surface area (Å²) in [7, 11) is 0. The molecule has 0 fully saturated rings. The number of unbranched alkanes of at least 4 members (excludes halogenated alkanes) is 14. The van der Waals surface area contributed by atoms with Crippen LogP contribution in [0.2, 0.25) is 0 Å².